The van der Waals surface area contributed by atoms with E-state index in [4.69, 9.17) is 0 Å². The van der Waals surface area contributed by atoms with Crippen LogP contribution in [-0.2, 0) is 6.18 Å². The third kappa shape index (κ3) is 2.27. The maximum Gasteiger partial charge on any atom is 0.416 e. The van der Waals surface area contributed by atoms with Gasteiger partial charge in [0.25, 0.3) is 0 Å². The molecule has 0 fully saturated rings. The quantitative estimate of drug-likeness (QED) is 0.757. The molecule has 0 saturated carbocycles. The molecule has 102 valence electrons. The molecule has 0 aliphatic heterocycles. The largest absolute Gasteiger partial charge is 0.416 e. The van der Waals surface area contributed by atoms with E-state index in [1.165, 1.54) is 12.4 Å². The van der Waals surface area contributed by atoms with Crippen molar-refractivity contribution in [1.29, 1.82) is 0 Å². The lowest BCUT2D eigenvalue weighted by molar-refractivity contribution is -0.137. The van der Waals surface area contributed by atoms with Gasteiger partial charge in [0.15, 0.2) is 0 Å². The number of nitrogens with zero attached hydrogens (tertiary/aromatic N) is 3. The molecule has 8 heteroatoms. The second-order valence-electron chi connectivity index (χ2n) is 4.06. The molecule has 0 aliphatic rings. The van der Waals surface area contributed by atoms with Gasteiger partial charge in [-0.1, -0.05) is 0 Å². The van der Waals surface area contributed by atoms with E-state index in [0.29, 0.717) is 11.4 Å². The first-order valence-electron chi connectivity index (χ1n) is 5.63. The maximum absolute atomic E-state index is 13.0. The minimum absolute atomic E-state index is 0.168. The second-order valence-corrected chi connectivity index (χ2v) is 4.06. The van der Waals surface area contributed by atoms with Crippen LogP contribution < -0.4 is 0 Å². The summed E-state index contributed by atoms with van der Waals surface area (Å²) in [4.78, 5) is 4.19. The van der Waals surface area contributed by atoms with Crippen molar-refractivity contribution in [2.45, 2.75) is 6.18 Å². The number of halogens is 3. The lowest BCUT2D eigenvalue weighted by Crippen LogP contribution is -2.06. The average Bonchev–Trinajstić information content (AvgIpc) is 3.10. The van der Waals surface area contributed by atoms with Crippen molar-refractivity contribution in [1.82, 2.24) is 25.4 Å². The third-order valence-electron chi connectivity index (χ3n) is 2.71. The zero-order chi connectivity index (χ0) is 14.2. The van der Waals surface area contributed by atoms with E-state index in [2.05, 4.69) is 25.4 Å². The SMILES string of the molecule is FC(F)(F)c1cc(-c2ccn[nH]2)nc(-c2ccn[nH]2)c1. The Kier molecular flexibility index (Phi) is 2.78. The Bertz CT molecular complexity index is 649. The number of alkyl halides is 3. The van der Waals surface area contributed by atoms with E-state index in [0.717, 1.165) is 12.1 Å². The Morgan fingerprint density at radius 3 is 1.70 bits per heavy atom. The van der Waals surface area contributed by atoms with E-state index < -0.39 is 11.7 Å². The summed E-state index contributed by atoms with van der Waals surface area (Å²) in [5, 5.41) is 12.6. The number of nitrogens with one attached hydrogen (secondary N) is 2. The number of hydrogen-bond acceptors (Lipinski definition) is 3. The predicted molar refractivity (Wildman–Crippen MR) is 64.4 cm³/mol. The Balaban J connectivity index is 2.19. The van der Waals surface area contributed by atoms with E-state index in [1.54, 1.807) is 12.1 Å². The van der Waals surface area contributed by atoms with Gasteiger partial charge in [-0.15, -0.1) is 0 Å². The maximum atomic E-state index is 13.0. The third-order valence-corrected chi connectivity index (χ3v) is 2.71. The Labute approximate surface area is 110 Å². The van der Waals surface area contributed by atoms with Gasteiger partial charge in [0, 0.05) is 12.4 Å². The van der Waals surface area contributed by atoms with Gasteiger partial charge in [0.05, 0.1) is 28.3 Å². The zero-order valence-electron chi connectivity index (χ0n) is 9.94. The number of pyridine rings is 1. The second kappa shape index (κ2) is 4.48. The van der Waals surface area contributed by atoms with Crippen LogP contribution in [0.5, 0.6) is 0 Å². The molecule has 3 aromatic rings. The van der Waals surface area contributed by atoms with E-state index >= 15 is 0 Å². The molecule has 5 nitrogen and oxygen atoms in total. The summed E-state index contributed by atoms with van der Waals surface area (Å²) >= 11 is 0. The zero-order valence-corrected chi connectivity index (χ0v) is 9.94. The van der Waals surface area contributed by atoms with Gasteiger partial charge in [-0.2, -0.15) is 23.4 Å². The summed E-state index contributed by atoms with van der Waals surface area (Å²) in [6.45, 7) is 0. The Hall–Kier alpha value is -2.64. The molecular formula is C12H8F3N5. The van der Waals surface area contributed by atoms with Gasteiger partial charge in [-0.3, -0.25) is 10.2 Å². The molecule has 0 radical (unpaired) electrons. The van der Waals surface area contributed by atoms with E-state index in [9.17, 15) is 13.2 Å². The fourth-order valence-corrected chi connectivity index (χ4v) is 1.77. The van der Waals surface area contributed by atoms with Crippen LogP contribution in [-0.4, -0.2) is 25.4 Å². The molecule has 2 N–H and O–H groups in total. The Morgan fingerprint density at radius 2 is 1.35 bits per heavy atom. The van der Waals surface area contributed by atoms with Gasteiger partial charge in [-0.25, -0.2) is 4.98 Å². The molecule has 0 bridgehead atoms. The summed E-state index contributed by atoms with van der Waals surface area (Å²) in [5.41, 5.74) is 0.388. The fraction of sp³-hybridized carbons (Fsp3) is 0.0833. The van der Waals surface area contributed by atoms with Crippen molar-refractivity contribution < 1.29 is 13.2 Å². The highest BCUT2D eigenvalue weighted by atomic mass is 19.4. The highest BCUT2D eigenvalue weighted by Crippen LogP contribution is 2.33. The minimum Gasteiger partial charge on any atom is -0.276 e. The molecule has 0 saturated heterocycles. The van der Waals surface area contributed by atoms with Gasteiger partial charge in [0.2, 0.25) is 0 Å². The first kappa shape index (κ1) is 12.4. The summed E-state index contributed by atoms with van der Waals surface area (Å²) in [6, 6.07) is 5.07. The number of aromatic nitrogens is 5. The number of aromatic amines is 2. The summed E-state index contributed by atoms with van der Waals surface area (Å²) in [7, 11) is 0. The van der Waals surface area contributed by atoms with Crippen LogP contribution in [0.4, 0.5) is 13.2 Å². The van der Waals surface area contributed by atoms with Crippen molar-refractivity contribution in [3.05, 3.63) is 42.2 Å². The molecule has 0 aromatic carbocycles. The standard InChI is InChI=1S/C12H8F3N5/c13-12(14,15)7-5-10(8-1-3-16-19-8)18-11(6-7)9-2-4-17-20-9/h1-6H,(H,16,19)(H,17,20). The minimum atomic E-state index is -4.45. The van der Waals surface area contributed by atoms with E-state index in [1.807, 2.05) is 0 Å². The molecule has 3 aromatic heterocycles. The molecule has 0 unspecified atom stereocenters. The van der Waals surface area contributed by atoms with Crippen molar-refractivity contribution in [3.8, 4) is 22.8 Å². The van der Waals surface area contributed by atoms with Crippen molar-refractivity contribution in [2.75, 3.05) is 0 Å². The summed E-state index contributed by atoms with van der Waals surface area (Å²) < 4.78 is 38.9. The summed E-state index contributed by atoms with van der Waals surface area (Å²) in [5.74, 6) is 0. The van der Waals surface area contributed by atoms with Crippen molar-refractivity contribution in [2.24, 2.45) is 0 Å². The highest BCUT2D eigenvalue weighted by Gasteiger charge is 2.32. The monoisotopic (exact) mass is 279 g/mol. The molecule has 3 rings (SSSR count). The van der Waals surface area contributed by atoms with Crippen LogP contribution in [0, 0.1) is 0 Å². The first-order valence-corrected chi connectivity index (χ1v) is 5.63. The van der Waals surface area contributed by atoms with Gasteiger partial charge >= 0.3 is 6.18 Å². The van der Waals surface area contributed by atoms with Crippen molar-refractivity contribution in [3.63, 3.8) is 0 Å². The van der Waals surface area contributed by atoms with Crippen molar-refractivity contribution >= 4 is 0 Å². The average molecular weight is 279 g/mol. The van der Waals surface area contributed by atoms with Crippen LogP contribution in [0.15, 0.2) is 36.7 Å². The molecule has 0 spiro atoms. The lowest BCUT2D eigenvalue weighted by Gasteiger charge is -2.10. The van der Waals surface area contributed by atoms with Crippen LogP contribution in [0.2, 0.25) is 0 Å². The predicted octanol–water partition coefficient (Wildman–Crippen LogP) is 2.88. The molecule has 3 heterocycles. The topological polar surface area (TPSA) is 70.2 Å². The highest BCUT2D eigenvalue weighted by molar-refractivity contribution is 5.63. The normalized spacial score (nSPS) is 11.8. The smallest absolute Gasteiger partial charge is 0.276 e. The molecule has 0 atom stereocenters. The van der Waals surface area contributed by atoms with Crippen LogP contribution >= 0.6 is 0 Å². The fourth-order valence-electron chi connectivity index (χ4n) is 1.77. The lowest BCUT2D eigenvalue weighted by atomic mass is 10.1. The van der Waals surface area contributed by atoms with Gasteiger partial charge < -0.3 is 0 Å². The summed E-state index contributed by atoms with van der Waals surface area (Å²) in [6.07, 6.45) is -1.55. The van der Waals surface area contributed by atoms with Crippen LogP contribution in [0.1, 0.15) is 5.56 Å². The van der Waals surface area contributed by atoms with Gasteiger partial charge in [-0.05, 0) is 24.3 Å². The number of hydrogen-bond donors (Lipinski definition) is 2. The molecule has 20 heavy (non-hydrogen) atoms. The Morgan fingerprint density at radius 1 is 0.850 bits per heavy atom. The molecule has 0 aliphatic carbocycles. The van der Waals surface area contributed by atoms with Crippen LogP contribution in [0.25, 0.3) is 22.8 Å². The molecular weight excluding hydrogens is 271 g/mol. The van der Waals surface area contributed by atoms with Crippen LogP contribution in [0.3, 0.4) is 0 Å². The number of rotatable bonds is 2. The molecule has 0 amide bonds. The van der Waals surface area contributed by atoms with Gasteiger partial charge in [0.1, 0.15) is 0 Å². The first-order chi connectivity index (χ1) is 9.54. The number of H-pyrrole nitrogens is 2. The van der Waals surface area contributed by atoms with E-state index in [-0.39, 0.29) is 11.4 Å².